The second kappa shape index (κ2) is 11.5. The lowest BCUT2D eigenvalue weighted by molar-refractivity contribution is -0.132. The molecule has 0 radical (unpaired) electrons. The van der Waals surface area contributed by atoms with Gasteiger partial charge in [-0.15, -0.1) is 0 Å². The van der Waals surface area contributed by atoms with E-state index in [0.717, 1.165) is 0 Å². The molecular weight excluding hydrogens is 510 g/mol. The Labute approximate surface area is 225 Å². The number of halogens is 1. The molecule has 9 heteroatoms. The van der Waals surface area contributed by atoms with E-state index in [2.05, 4.69) is 0 Å². The number of ether oxygens (including phenoxy) is 4. The number of carbonyl (C=O) groups excluding carboxylic acids is 2. The molecule has 1 atom stereocenters. The highest BCUT2D eigenvalue weighted by molar-refractivity contribution is 6.51. The van der Waals surface area contributed by atoms with Gasteiger partial charge in [-0.2, -0.15) is 0 Å². The minimum absolute atomic E-state index is 0.111. The Bertz CT molecular complexity index is 1380. The highest BCUT2D eigenvalue weighted by Crippen LogP contribution is 2.45. The van der Waals surface area contributed by atoms with Crippen LogP contribution in [-0.2, 0) is 9.59 Å². The molecule has 0 saturated carbocycles. The first-order valence-corrected chi connectivity index (χ1v) is 12.4. The number of amides is 1. The van der Waals surface area contributed by atoms with E-state index in [1.54, 1.807) is 48.5 Å². The Hall–Kier alpha value is -4.17. The van der Waals surface area contributed by atoms with Crippen molar-refractivity contribution in [2.75, 3.05) is 32.3 Å². The van der Waals surface area contributed by atoms with E-state index in [4.69, 9.17) is 30.5 Å². The number of hydrogen-bond donors (Lipinski definition) is 1. The number of methoxy groups -OCH3 is 2. The van der Waals surface area contributed by atoms with Crippen LogP contribution >= 0.6 is 11.6 Å². The quantitative estimate of drug-likeness (QED) is 0.210. The van der Waals surface area contributed by atoms with Gasteiger partial charge in [-0.1, -0.05) is 29.8 Å². The third-order valence-corrected chi connectivity index (χ3v) is 6.38. The monoisotopic (exact) mass is 537 g/mol. The molecule has 38 heavy (non-hydrogen) atoms. The maximum Gasteiger partial charge on any atom is 0.300 e. The Kier molecular flexibility index (Phi) is 8.12. The second-order valence-corrected chi connectivity index (χ2v) is 8.70. The SMILES string of the molecule is CCOc1ccc(C2/C(=C(\O)c3cc(Cl)c(OC)cc3OC)C(=O)C(=O)N2c2cccc(OCC)c2)cc1. The maximum atomic E-state index is 13.5. The summed E-state index contributed by atoms with van der Waals surface area (Å²) in [5, 5.41) is 11.7. The van der Waals surface area contributed by atoms with Gasteiger partial charge in [0.25, 0.3) is 11.7 Å². The van der Waals surface area contributed by atoms with Gasteiger partial charge < -0.3 is 24.1 Å². The maximum absolute atomic E-state index is 13.5. The van der Waals surface area contributed by atoms with Crippen LogP contribution in [0.3, 0.4) is 0 Å². The van der Waals surface area contributed by atoms with Crippen molar-refractivity contribution in [2.24, 2.45) is 0 Å². The van der Waals surface area contributed by atoms with Crippen molar-refractivity contribution in [3.63, 3.8) is 0 Å². The summed E-state index contributed by atoms with van der Waals surface area (Å²) in [7, 11) is 2.87. The first-order chi connectivity index (χ1) is 18.3. The smallest absolute Gasteiger partial charge is 0.300 e. The van der Waals surface area contributed by atoms with Crippen LogP contribution in [0.25, 0.3) is 5.76 Å². The van der Waals surface area contributed by atoms with Crippen molar-refractivity contribution in [2.45, 2.75) is 19.9 Å². The zero-order chi connectivity index (χ0) is 27.4. The van der Waals surface area contributed by atoms with Crippen LogP contribution in [0.2, 0.25) is 5.02 Å². The van der Waals surface area contributed by atoms with E-state index in [9.17, 15) is 14.7 Å². The molecule has 0 spiro atoms. The van der Waals surface area contributed by atoms with Gasteiger partial charge in [-0.25, -0.2) is 0 Å². The summed E-state index contributed by atoms with van der Waals surface area (Å²) in [5.41, 5.74) is 1.07. The number of hydrogen-bond acceptors (Lipinski definition) is 7. The molecule has 0 bridgehead atoms. The summed E-state index contributed by atoms with van der Waals surface area (Å²) in [4.78, 5) is 28.3. The highest BCUT2D eigenvalue weighted by atomic mass is 35.5. The summed E-state index contributed by atoms with van der Waals surface area (Å²) in [6, 6.07) is 15.9. The molecule has 0 aromatic heterocycles. The molecule has 3 aromatic carbocycles. The minimum Gasteiger partial charge on any atom is -0.507 e. The molecule has 1 unspecified atom stereocenters. The Morgan fingerprint density at radius 3 is 2.18 bits per heavy atom. The molecule has 3 aromatic rings. The van der Waals surface area contributed by atoms with Gasteiger partial charge in [0.2, 0.25) is 0 Å². The van der Waals surface area contributed by atoms with Crippen LogP contribution < -0.4 is 23.8 Å². The topological polar surface area (TPSA) is 94.5 Å². The Morgan fingerprint density at radius 2 is 1.55 bits per heavy atom. The normalized spacial score (nSPS) is 16.4. The van der Waals surface area contributed by atoms with Gasteiger partial charge in [0.15, 0.2) is 0 Å². The van der Waals surface area contributed by atoms with E-state index in [-0.39, 0.29) is 21.9 Å². The zero-order valence-corrected chi connectivity index (χ0v) is 22.2. The standard InChI is InChI=1S/C29H28ClNO7/c1-5-37-19-12-10-17(11-13-19)26-25(27(32)21-15-22(30)24(36-4)16-23(21)35-3)28(33)29(34)31(26)18-8-7-9-20(14-18)38-6-2/h7-16,26,32H,5-6H2,1-4H3/b27-25+. The predicted molar refractivity (Wildman–Crippen MR) is 145 cm³/mol. The van der Waals surface area contributed by atoms with Crippen molar-refractivity contribution in [3.05, 3.63) is 82.4 Å². The van der Waals surface area contributed by atoms with Gasteiger partial charge in [-0.05, 0) is 49.7 Å². The number of aliphatic hydroxyl groups is 1. The van der Waals surface area contributed by atoms with E-state index in [0.29, 0.717) is 41.7 Å². The van der Waals surface area contributed by atoms with Crippen LogP contribution in [0.5, 0.6) is 23.0 Å². The summed E-state index contributed by atoms with van der Waals surface area (Å²) >= 11 is 6.34. The van der Waals surface area contributed by atoms with Gasteiger partial charge in [0, 0.05) is 17.8 Å². The predicted octanol–water partition coefficient (Wildman–Crippen LogP) is 5.78. The average Bonchev–Trinajstić information content (AvgIpc) is 3.19. The van der Waals surface area contributed by atoms with Crippen LogP contribution in [0, 0.1) is 0 Å². The van der Waals surface area contributed by atoms with E-state index in [1.165, 1.54) is 31.3 Å². The molecule has 1 fully saturated rings. The number of ketones is 1. The molecular formula is C29H28ClNO7. The number of Topliss-reactive ketones (excluding diaryl/α,β-unsaturated/α-hetero) is 1. The first-order valence-electron chi connectivity index (χ1n) is 12.0. The van der Waals surface area contributed by atoms with E-state index in [1.807, 2.05) is 13.8 Å². The van der Waals surface area contributed by atoms with Crippen molar-refractivity contribution in [3.8, 4) is 23.0 Å². The Balaban J connectivity index is 1.95. The van der Waals surface area contributed by atoms with E-state index < -0.39 is 23.5 Å². The largest absolute Gasteiger partial charge is 0.507 e. The van der Waals surface area contributed by atoms with E-state index >= 15 is 0 Å². The van der Waals surface area contributed by atoms with Crippen molar-refractivity contribution in [1.82, 2.24) is 0 Å². The van der Waals surface area contributed by atoms with Gasteiger partial charge in [-0.3, -0.25) is 14.5 Å². The molecule has 1 N–H and O–H groups in total. The van der Waals surface area contributed by atoms with Gasteiger partial charge >= 0.3 is 0 Å². The van der Waals surface area contributed by atoms with Crippen LogP contribution in [-0.4, -0.2) is 44.2 Å². The van der Waals surface area contributed by atoms with Crippen molar-refractivity contribution in [1.29, 1.82) is 0 Å². The fourth-order valence-electron chi connectivity index (χ4n) is 4.41. The first kappa shape index (κ1) is 26.9. The lowest BCUT2D eigenvalue weighted by Gasteiger charge is -2.26. The lowest BCUT2D eigenvalue weighted by Crippen LogP contribution is -2.29. The summed E-state index contributed by atoms with van der Waals surface area (Å²) in [6.45, 7) is 4.65. The fourth-order valence-corrected chi connectivity index (χ4v) is 4.65. The van der Waals surface area contributed by atoms with Gasteiger partial charge in [0.1, 0.15) is 28.8 Å². The molecule has 8 nitrogen and oxygen atoms in total. The molecule has 1 saturated heterocycles. The summed E-state index contributed by atoms with van der Waals surface area (Å²) in [6.07, 6.45) is 0. The summed E-state index contributed by atoms with van der Waals surface area (Å²) < 4.78 is 21.9. The average molecular weight is 538 g/mol. The number of aliphatic hydroxyl groups excluding tert-OH is 1. The molecule has 0 aliphatic carbocycles. The molecule has 1 amide bonds. The molecule has 1 aliphatic rings. The number of nitrogens with zero attached hydrogens (tertiary/aromatic N) is 1. The second-order valence-electron chi connectivity index (χ2n) is 8.29. The third-order valence-electron chi connectivity index (χ3n) is 6.09. The number of carbonyl (C=O) groups is 2. The Morgan fingerprint density at radius 1 is 0.895 bits per heavy atom. The minimum atomic E-state index is -0.951. The van der Waals surface area contributed by atoms with Crippen LogP contribution in [0.1, 0.15) is 31.0 Å². The lowest BCUT2D eigenvalue weighted by atomic mass is 9.94. The number of rotatable bonds is 9. The number of anilines is 1. The zero-order valence-electron chi connectivity index (χ0n) is 21.5. The van der Waals surface area contributed by atoms with Crippen molar-refractivity contribution >= 4 is 34.7 Å². The third kappa shape index (κ3) is 4.99. The fraction of sp³-hybridized carbons (Fsp3) is 0.241. The highest BCUT2D eigenvalue weighted by Gasteiger charge is 2.47. The van der Waals surface area contributed by atoms with Crippen LogP contribution in [0.15, 0.2) is 66.2 Å². The summed E-state index contributed by atoms with van der Waals surface area (Å²) in [5.74, 6) is -0.340. The van der Waals surface area contributed by atoms with Gasteiger partial charge in [0.05, 0.1) is 49.6 Å². The van der Waals surface area contributed by atoms with Crippen LogP contribution in [0.4, 0.5) is 5.69 Å². The number of benzene rings is 3. The molecule has 4 rings (SSSR count). The van der Waals surface area contributed by atoms with Crippen molar-refractivity contribution < 1.29 is 33.6 Å². The molecule has 1 heterocycles. The molecule has 1 aliphatic heterocycles. The molecule has 198 valence electrons.